The van der Waals surface area contributed by atoms with E-state index >= 15 is 0 Å². The second-order valence-electron chi connectivity index (χ2n) is 12.4. The molecule has 4 heterocycles. The molecule has 0 radical (unpaired) electrons. The number of hydrogen-bond acceptors (Lipinski definition) is 2. The Bertz CT molecular complexity index is 2820. The Balaban J connectivity index is 1.07. The molecular formula is C45H29N3S. The van der Waals surface area contributed by atoms with Gasteiger partial charge in [0.15, 0.2) is 0 Å². The summed E-state index contributed by atoms with van der Waals surface area (Å²) in [5.74, 6) is 0. The molecule has 0 spiro atoms. The van der Waals surface area contributed by atoms with E-state index in [-0.39, 0.29) is 0 Å². The Morgan fingerprint density at radius 3 is 1.55 bits per heavy atom. The van der Waals surface area contributed by atoms with Gasteiger partial charge in [0, 0.05) is 54.4 Å². The van der Waals surface area contributed by atoms with Crippen molar-refractivity contribution in [3.8, 4) is 43.5 Å². The first kappa shape index (κ1) is 27.8. The maximum atomic E-state index is 4.60. The molecule has 0 amide bonds. The number of nitrogens with zero attached hydrogens (tertiary/aromatic N) is 3. The zero-order chi connectivity index (χ0) is 32.3. The maximum absolute atomic E-state index is 4.60. The van der Waals surface area contributed by atoms with E-state index in [1.165, 1.54) is 70.2 Å². The summed E-state index contributed by atoms with van der Waals surface area (Å²) in [7, 11) is 0. The molecule has 0 atom stereocenters. The highest BCUT2D eigenvalue weighted by atomic mass is 32.1. The number of hydrogen-bond donors (Lipinski definition) is 0. The number of para-hydroxylation sites is 3. The highest BCUT2D eigenvalue weighted by molar-refractivity contribution is 7.18. The van der Waals surface area contributed by atoms with Crippen LogP contribution in [-0.4, -0.2) is 14.1 Å². The van der Waals surface area contributed by atoms with E-state index < -0.39 is 0 Å². The Morgan fingerprint density at radius 2 is 0.918 bits per heavy atom. The molecule has 0 N–H and O–H groups in total. The van der Waals surface area contributed by atoms with E-state index in [1.807, 2.05) is 29.7 Å². The summed E-state index contributed by atoms with van der Waals surface area (Å²) in [6.07, 6.45) is 1.85. The molecule has 3 nitrogen and oxygen atoms in total. The number of aromatic nitrogens is 3. The van der Waals surface area contributed by atoms with Crippen molar-refractivity contribution in [1.82, 2.24) is 14.1 Å². The third-order valence-corrected chi connectivity index (χ3v) is 10.8. The second-order valence-corrected chi connectivity index (χ2v) is 13.5. The third kappa shape index (κ3) is 4.53. The summed E-state index contributed by atoms with van der Waals surface area (Å²) in [6.45, 7) is 0. The van der Waals surface area contributed by atoms with Crippen molar-refractivity contribution in [3.63, 3.8) is 0 Å². The molecule has 6 aromatic carbocycles. The lowest BCUT2D eigenvalue weighted by Crippen LogP contribution is -1.94. The lowest BCUT2D eigenvalue weighted by Gasteiger charge is -2.10. The van der Waals surface area contributed by atoms with Gasteiger partial charge in [-0.25, -0.2) is 0 Å². The van der Waals surface area contributed by atoms with Gasteiger partial charge in [-0.3, -0.25) is 4.98 Å². The number of benzene rings is 6. The summed E-state index contributed by atoms with van der Waals surface area (Å²) in [5, 5.41) is 5.04. The van der Waals surface area contributed by atoms with Gasteiger partial charge in [0.25, 0.3) is 0 Å². The van der Waals surface area contributed by atoms with E-state index in [2.05, 4.69) is 172 Å². The van der Waals surface area contributed by atoms with E-state index in [1.54, 1.807) is 0 Å². The van der Waals surface area contributed by atoms with E-state index in [4.69, 9.17) is 0 Å². The van der Waals surface area contributed by atoms with Gasteiger partial charge in [-0.1, -0.05) is 84.9 Å². The smallest absolute Gasteiger partial charge is 0.0702 e. The van der Waals surface area contributed by atoms with E-state index in [0.717, 1.165) is 16.9 Å². The molecule has 0 aliphatic heterocycles. The predicted molar refractivity (Wildman–Crippen MR) is 207 cm³/mol. The summed E-state index contributed by atoms with van der Waals surface area (Å²) in [6, 6.07) is 61.2. The van der Waals surface area contributed by atoms with Gasteiger partial charge < -0.3 is 9.13 Å². The van der Waals surface area contributed by atoms with Crippen LogP contribution in [-0.2, 0) is 0 Å². The molecule has 10 rings (SSSR count). The molecule has 4 aromatic heterocycles. The van der Waals surface area contributed by atoms with Gasteiger partial charge in [0.1, 0.15) is 0 Å². The molecule has 10 aromatic rings. The van der Waals surface area contributed by atoms with Crippen molar-refractivity contribution in [2.45, 2.75) is 0 Å². The Labute approximate surface area is 287 Å². The minimum absolute atomic E-state index is 0.974. The molecule has 0 aliphatic carbocycles. The maximum Gasteiger partial charge on any atom is 0.0702 e. The summed E-state index contributed by atoms with van der Waals surface area (Å²) in [5.41, 5.74) is 11.7. The SMILES string of the molecule is c1ccc(-n2c3ccccc3c3cc(-c4ccc(-c5ccc6c(c5)c5ccccc5n6-c5cccc(-c6ccccn6)c5)s4)ccc32)cc1. The normalized spacial score (nSPS) is 11.7. The average molecular weight is 644 g/mol. The average Bonchev–Trinajstić information content (AvgIpc) is 3.88. The largest absolute Gasteiger partial charge is 0.309 e. The van der Waals surface area contributed by atoms with Crippen LogP contribution in [0.4, 0.5) is 0 Å². The van der Waals surface area contributed by atoms with Gasteiger partial charge in [-0.15, -0.1) is 11.3 Å². The Kier molecular flexibility index (Phi) is 6.36. The highest BCUT2D eigenvalue weighted by Crippen LogP contribution is 2.41. The van der Waals surface area contributed by atoms with E-state index in [0.29, 0.717) is 0 Å². The summed E-state index contributed by atoms with van der Waals surface area (Å²) in [4.78, 5) is 7.13. The van der Waals surface area contributed by atoms with Gasteiger partial charge >= 0.3 is 0 Å². The fourth-order valence-corrected chi connectivity index (χ4v) is 8.37. The monoisotopic (exact) mass is 643 g/mol. The molecule has 0 fully saturated rings. The minimum atomic E-state index is 0.974. The Morgan fingerprint density at radius 1 is 0.367 bits per heavy atom. The highest BCUT2D eigenvalue weighted by Gasteiger charge is 2.16. The summed E-state index contributed by atoms with van der Waals surface area (Å²) < 4.78 is 4.75. The molecule has 4 heteroatoms. The van der Waals surface area contributed by atoms with Crippen LogP contribution in [0.15, 0.2) is 176 Å². The molecule has 0 saturated heterocycles. The standard InChI is InChI=1S/C45H29N3S/c1-2-12-33(13-3-1)47-40-18-6-4-15-35(40)37-28-31(20-22-42(37)47)44-24-25-45(49-44)32-21-23-43-38(29-32)36-16-5-7-19-41(36)48(43)34-14-10-11-30(27-34)39-17-8-9-26-46-39/h1-29H. The number of rotatable bonds is 5. The second kappa shape index (κ2) is 11.2. The van der Waals surface area contributed by atoms with Gasteiger partial charge in [-0.2, -0.15) is 0 Å². The van der Waals surface area contributed by atoms with Crippen LogP contribution < -0.4 is 0 Å². The molecule has 0 aliphatic rings. The van der Waals surface area contributed by atoms with E-state index in [9.17, 15) is 0 Å². The van der Waals surface area contributed by atoms with Gasteiger partial charge in [-0.05, 0) is 96.1 Å². The topological polar surface area (TPSA) is 22.8 Å². The minimum Gasteiger partial charge on any atom is -0.309 e. The lowest BCUT2D eigenvalue weighted by molar-refractivity contribution is 1.18. The molecule has 0 unspecified atom stereocenters. The van der Waals surface area contributed by atoms with Crippen LogP contribution in [0.3, 0.4) is 0 Å². The van der Waals surface area contributed by atoms with Crippen LogP contribution >= 0.6 is 11.3 Å². The summed E-state index contributed by atoms with van der Waals surface area (Å²) >= 11 is 1.85. The van der Waals surface area contributed by atoms with Crippen molar-refractivity contribution >= 4 is 54.9 Å². The molecule has 230 valence electrons. The molecular weight excluding hydrogens is 615 g/mol. The Hall–Kier alpha value is -6.23. The fraction of sp³-hybridized carbons (Fsp3) is 0. The van der Waals surface area contributed by atoms with Gasteiger partial charge in [0.05, 0.1) is 27.8 Å². The number of fused-ring (bicyclic) bond motifs is 6. The first-order valence-corrected chi connectivity index (χ1v) is 17.4. The lowest BCUT2D eigenvalue weighted by atomic mass is 10.1. The first-order valence-electron chi connectivity index (χ1n) is 16.5. The quantitative estimate of drug-likeness (QED) is 0.183. The first-order chi connectivity index (χ1) is 24.3. The zero-order valence-corrected chi connectivity index (χ0v) is 27.3. The van der Waals surface area contributed by atoms with Crippen molar-refractivity contribution in [2.75, 3.05) is 0 Å². The molecule has 0 bridgehead atoms. The van der Waals surface area contributed by atoms with Crippen molar-refractivity contribution < 1.29 is 0 Å². The van der Waals surface area contributed by atoms with Crippen LogP contribution in [0, 0.1) is 0 Å². The van der Waals surface area contributed by atoms with Crippen LogP contribution in [0.1, 0.15) is 0 Å². The van der Waals surface area contributed by atoms with Crippen molar-refractivity contribution in [3.05, 3.63) is 176 Å². The van der Waals surface area contributed by atoms with Crippen LogP contribution in [0.2, 0.25) is 0 Å². The molecule has 49 heavy (non-hydrogen) atoms. The third-order valence-electron chi connectivity index (χ3n) is 9.60. The number of thiophene rings is 1. The fourth-order valence-electron chi connectivity index (χ4n) is 7.37. The van der Waals surface area contributed by atoms with Crippen molar-refractivity contribution in [2.24, 2.45) is 0 Å². The van der Waals surface area contributed by atoms with Crippen LogP contribution in [0.25, 0.3) is 87.1 Å². The van der Waals surface area contributed by atoms with Crippen LogP contribution in [0.5, 0.6) is 0 Å². The zero-order valence-electron chi connectivity index (χ0n) is 26.5. The van der Waals surface area contributed by atoms with Gasteiger partial charge in [0.2, 0.25) is 0 Å². The predicted octanol–water partition coefficient (Wildman–Crippen LogP) is 12.3. The number of pyridine rings is 1. The molecule has 0 saturated carbocycles. The van der Waals surface area contributed by atoms with Crippen molar-refractivity contribution in [1.29, 1.82) is 0 Å².